The Morgan fingerprint density at radius 3 is 2.44 bits per heavy atom. The molecule has 2 atom stereocenters. The van der Waals surface area contributed by atoms with E-state index < -0.39 is 5.60 Å². The average molecular weight is 228 g/mol. The molecule has 1 saturated carbocycles. The van der Waals surface area contributed by atoms with E-state index in [1.807, 2.05) is 27.8 Å². The summed E-state index contributed by atoms with van der Waals surface area (Å²) in [6, 6.07) is 0.773. The van der Waals surface area contributed by atoms with Crippen molar-refractivity contribution in [1.29, 1.82) is 0 Å². The average Bonchev–Trinajstić information content (AvgIpc) is 2.15. The van der Waals surface area contributed by atoms with E-state index in [1.54, 1.807) is 0 Å². The maximum atomic E-state index is 11.6. The third-order valence-corrected chi connectivity index (χ3v) is 2.80. The summed E-state index contributed by atoms with van der Waals surface area (Å²) in [4.78, 5) is 11.6. The third-order valence-electron chi connectivity index (χ3n) is 2.80. The van der Waals surface area contributed by atoms with Gasteiger partial charge in [0.05, 0.1) is 0 Å². The van der Waals surface area contributed by atoms with Gasteiger partial charge >= 0.3 is 6.09 Å². The number of nitrogens with one attached hydrogen (secondary N) is 2. The van der Waals surface area contributed by atoms with E-state index in [0.29, 0.717) is 6.04 Å². The number of alkyl carbamates (subject to hydrolysis) is 1. The van der Waals surface area contributed by atoms with Crippen molar-refractivity contribution in [3.8, 4) is 0 Å². The molecule has 0 heterocycles. The van der Waals surface area contributed by atoms with Crippen LogP contribution in [-0.4, -0.2) is 30.8 Å². The van der Waals surface area contributed by atoms with Crippen molar-refractivity contribution in [2.45, 2.75) is 64.1 Å². The van der Waals surface area contributed by atoms with Gasteiger partial charge in [0.25, 0.3) is 0 Å². The fraction of sp³-hybridized carbons (Fsp3) is 0.917. The second kappa shape index (κ2) is 5.53. The van der Waals surface area contributed by atoms with E-state index in [9.17, 15) is 4.79 Å². The first-order valence-corrected chi connectivity index (χ1v) is 6.07. The minimum Gasteiger partial charge on any atom is -0.444 e. The molecule has 1 aliphatic rings. The Morgan fingerprint density at radius 1 is 1.25 bits per heavy atom. The predicted octanol–water partition coefficient (Wildman–Crippen LogP) is 2.04. The second-order valence-electron chi connectivity index (χ2n) is 5.50. The zero-order valence-corrected chi connectivity index (χ0v) is 10.8. The molecule has 1 aliphatic carbocycles. The lowest BCUT2D eigenvalue weighted by molar-refractivity contribution is 0.0489. The normalized spacial score (nSPS) is 26.2. The topological polar surface area (TPSA) is 50.4 Å². The van der Waals surface area contributed by atoms with Crippen LogP contribution in [0.25, 0.3) is 0 Å². The number of carbonyl (C=O) groups excluding carboxylic acids is 1. The fourth-order valence-electron chi connectivity index (χ4n) is 2.06. The number of hydrogen-bond donors (Lipinski definition) is 2. The van der Waals surface area contributed by atoms with E-state index in [0.717, 1.165) is 19.3 Å². The summed E-state index contributed by atoms with van der Waals surface area (Å²) in [5, 5.41) is 6.20. The van der Waals surface area contributed by atoms with Gasteiger partial charge in [0.15, 0.2) is 0 Å². The van der Waals surface area contributed by atoms with E-state index in [2.05, 4.69) is 10.6 Å². The first-order valence-electron chi connectivity index (χ1n) is 6.07. The maximum absolute atomic E-state index is 11.6. The van der Waals surface area contributed by atoms with Crippen LogP contribution in [-0.2, 0) is 4.74 Å². The molecule has 0 bridgehead atoms. The lowest BCUT2D eigenvalue weighted by Crippen LogP contribution is -2.44. The fourth-order valence-corrected chi connectivity index (χ4v) is 2.06. The van der Waals surface area contributed by atoms with E-state index in [-0.39, 0.29) is 12.1 Å². The third kappa shape index (κ3) is 4.84. The van der Waals surface area contributed by atoms with E-state index in [1.165, 1.54) is 6.42 Å². The molecular formula is C12H24N2O2. The molecule has 16 heavy (non-hydrogen) atoms. The molecule has 1 fully saturated rings. The quantitative estimate of drug-likeness (QED) is 0.760. The lowest BCUT2D eigenvalue weighted by Gasteiger charge is -2.30. The SMILES string of the molecule is CNC1CCCC(NC(=O)OC(C)(C)C)C1. The van der Waals surface area contributed by atoms with Gasteiger partial charge in [0.2, 0.25) is 0 Å². The minimum absolute atomic E-state index is 0.251. The van der Waals surface area contributed by atoms with Gasteiger partial charge in [0, 0.05) is 12.1 Å². The molecule has 0 aliphatic heterocycles. The molecule has 0 aromatic rings. The van der Waals surface area contributed by atoms with Gasteiger partial charge in [-0.2, -0.15) is 0 Å². The van der Waals surface area contributed by atoms with Crippen LogP contribution in [0.5, 0.6) is 0 Å². The molecule has 1 amide bonds. The van der Waals surface area contributed by atoms with Crippen LogP contribution < -0.4 is 10.6 Å². The Bertz CT molecular complexity index is 236. The summed E-state index contributed by atoms with van der Waals surface area (Å²) < 4.78 is 5.24. The van der Waals surface area contributed by atoms with Crippen LogP contribution in [0, 0.1) is 0 Å². The highest BCUT2D eigenvalue weighted by molar-refractivity contribution is 5.68. The van der Waals surface area contributed by atoms with Gasteiger partial charge in [-0.25, -0.2) is 4.79 Å². The van der Waals surface area contributed by atoms with Crippen molar-refractivity contribution in [3.05, 3.63) is 0 Å². The summed E-state index contributed by atoms with van der Waals surface area (Å²) in [5.41, 5.74) is -0.416. The first-order chi connectivity index (χ1) is 7.40. The molecular weight excluding hydrogens is 204 g/mol. The Labute approximate surface area is 98.1 Å². The molecule has 2 N–H and O–H groups in total. The highest BCUT2D eigenvalue weighted by atomic mass is 16.6. The molecule has 4 nitrogen and oxygen atoms in total. The number of hydrogen-bond acceptors (Lipinski definition) is 3. The smallest absolute Gasteiger partial charge is 0.407 e. The molecule has 0 aromatic heterocycles. The summed E-state index contributed by atoms with van der Waals surface area (Å²) in [6.07, 6.45) is 4.11. The van der Waals surface area contributed by atoms with Crippen LogP contribution in [0.4, 0.5) is 4.79 Å². The van der Waals surface area contributed by atoms with Crippen LogP contribution in [0.15, 0.2) is 0 Å². The molecule has 4 heteroatoms. The van der Waals surface area contributed by atoms with Crippen LogP contribution >= 0.6 is 0 Å². The van der Waals surface area contributed by atoms with Crippen molar-refractivity contribution < 1.29 is 9.53 Å². The molecule has 1 rings (SSSR count). The number of amides is 1. The molecule has 0 spiro atoms. The van der Waals surface area contributed by atoms with Gasteiger partial charge in [-0.1, -0.05) is 0 Å². The van der Waals surface area contributed by atoms with E-state index >= 15 is 0 Å². The van der Waals surface area contributed by atoms with Gasteiger partial charge < -0.3 is 15.4 Å². The predicted molar refractivity (Wildman–Crippen MR) is 64.5 cm³/mol. The lowest BCUT2D eigenvalue weighted by atomic mass is 9.91. The Morgan fingerprint density at radius 2 is 1.88 bits per heavy atom. The summed E-state index contributed by atoms with van der Waals surface area (Å²) in [5.74, 6) is 0. The second-order valence-corrected chi connectivity index (χ2v) is 5.50. The monoisotopic (exact) mass is 228 g/mol. The van der Waals surface area contributed by atoms with Gasteiger partial charge in [0.1, 0.15) is 5.60 Å². The number of rotatable bonds is 2. The van der Waals surface area contributed by atoms with Gasteiger partial charge in [-0.05, 0) is 53.5 Å². The Hall–Kier alpha value is -0.770. The van der Waals surface area contributed by atoms with Gasteiger partial charge in [-0.15, -0.1) is 0 Å². The Balaban J connectivity index is 2.33. The molecule has 0 aromatic carbocycles. The Kier molecular flexibility index (Phi) is 4.59. The molecule has 0 radical (unpaired) electrons. The van der Waals surface area contributed by atoms with Crippen molar-refractivity contribution in [1.82, 2.24) is 10.6 Å². The first kappa shape index (κ1) is 13.3. The van der Waals surface area contributed by atoms with Crippen LogP contribution in [0.1, 0.15) is 46.5 Å². The zero-order chi connectivity index (χ0) is 12.2. The minimum atomic E-state index is -0.416. The summed E-state index contributed by atoms with van der Waals surface area (Å²) >= 11 is 0. The van der Waals surface area contributed by atoms with Crippen LogP contribution in [0.2, 0.25) is 0 Å². The summed E-state index contributed by atoms with van der Waals surface area (Å²) in [6.45, 7) is 5.64. The summed E-state index contributed by atoms with van der Waals surface area (Å²) in [7, 11) is 1.97. The standard InChI is InChI=1S/C12H24N2O2/c1-12(2,3)16-11(15)14-10-7-5-6-9(8-10)13-4/h9-10,13H,5-8H2,1-4H3,(H,14,15). The maximum Gasteiger partial charge on any atom is 0.407 e. The highest BCUT2D eigenvalue weighted by Crippen LogP contribution is 2.18. The number of carbonyl (C=O) groups is 1. The largest absolute Gasteiger partial charge is 0.444 e. The van der Waals surface area contributed by atoms with Crippen molar-refractivity contribution in [2.75, 3.05) is 7.05 Å². The van der Waals surface area contributed by atoms with E-state index in [4.69, 9.17) is 4.74 Å². The molecule has 2 unspecified atom stereocenters. The molecule has 94 valence electrons. The number of ether oxygens (including phenoxy) is 1. The molecule has 0 saturated heterocycles. The van der Waals surface area contributed by atoms with Crippen LogP contribution in [0.3, 0.4) is 0 Å². The van der Waals surface area contributed by atoms with Crippen molar-refractivity contribution >= 4 is 6.09 Å². The highest BCUT2D eigenvalue weighted by Gasteiger charge is 2.24. The van der Waals surface area contributed by atoms with Crippen molar-refractivity contribution in [3.63, 3.8) is 0 Å². The van der Waals surface area contributed by atoms with Gasteiger partial charge in [-0.3, -0.25) is 0 Å². The van der Waals surface area contributed by atoms with Crippen molar-refractivity contribution in [2.24, 2.45) is 0 Å². The zero-order valence-electron chi connectivity index (χ0n) is 10.8.